The van der Waals surface area contributed by atoms with Crippen molar-refractivity contribution < 1.29 is 4.79 Å². The zero-order chi connectivity index (χ0) is 16.6. The summed E-state index contributed by atoms with van der Waals surface area (Å²) in [5.74, 6) is 0. The number of benzene rings is 1. The van der Waals surface area contributed by atoms with Crippen molar-refractivity contribution in [3.8, 4) is 0 Å². The Morgan fingerprint density at radius 3 is 2.50 bits per heavy atom. The number of nitrogens with one attached hydrogen (secondary N) is 2. The van der Waals surface area contributed by atoms with Gasteiger partial charge in [0.05, 0.1) is 12.2 Å². The number of para-hydroxylation sites is 1. The first kappa shape index (κ1) is 16.3. The fraction of sp³-hybridized carbons (Fsp3) is 0.368. The highest BCUT2D eigenvalue weighted by molar-refractivity contribution is 5.74. The molecule has 0 radical (unpaired) electrons. The van der Waals surface area contributed by atoms with E-state index in [1.807, 2.05) is 24.3 Å². The van der Waals surface area contributed by atoms with Crippen LogP contribution in [-0.2, 0) is 13.1 Å². The highest BCUT2D eigenvalue weighted by Crippen LogP contribution is 2.23. The molecule has 1 saturated heterocycles. The molecule has 3 rings (SSSR count). The summed E-state index contributed by atoms with van der Waals surface area (Å²) in [6.07, 6.45) is 5.52. The topological polar surface area (TPSA) is 57.3 Å². The van der Waals surface area contributed by atoms with Crippen LogP contribution in [0.5, 0.6) is 0 Å². The van der Waals surface area contributed by atoms with E-state index in [0.717, 1.165) is 24.3 Å². The number of pyridine rings is 1. The summed E-state index contributed by atoms with van der Waals surface area (Å²) in [5.41, 5.74) is 3.25. The zero-order valence-corrected chi connectivity index (χ0v) is 13.9. The minimum atomic E-state index is -0.172. The summed E-state index contributed by atoms with van der Waals surface area (Å²) < 4.78 is 0. The van der Waals surface area contributed by atoms with Crippen molar-refractivity contribution in [1.29, 1.82) is 0 Å². The Balaban J connectivity index is 1.53. The maximum atomic E-state index is 12.0. The van der Waals surface area contributed by atoms with E-state index in [1.165, 1.54) is 24.9 Å². The Morgan fingerprint density at radius 2 is 1.71 bits per heavy atom. The van der Waals surface area contributed by atoms with E-state index in [0.29, 0.717) is 13.1 Å². The molecule has 1 aromatic heterocycles. The van der Waals surface area contributed by atoms with E-state index in [2.05, 4.69) is 38.7 Å². The normalized spacial score (nSPS) is 14.2. The quantitative estimate of drug-likeness (QED) is 0.889. The lowest BCUT2D eigenvalue weighted by molar-refractivity contribution is 0.240. The van der Waals surface area contributed by atoms with Crippen LogP contribution in [0, 0.1) is 0 Å². The Morgan fingerprint density at radius 1 is 0.958 bits per heavy atom. The molecule has 1 aliphatic rings. The molecule has 2 N–H and O–H groups in total. The van der Waals surface area contributed by atoms with Crippen LogP contribution in [0.1, 0.15) is 30.5 Å². The molecular formula is C19H24N4O. The average Bonchev–Trinajstić information content (AvgIpc) is 2.66. The van der Waals surface area contributed by atoms with Gasteiger partial charge in [-0.25, -0.2) is 4.79 Å². The minimum absolute atomic E-state index is 0.172. The van der Waals surface area contributed by atoms with Crippen molar-refractivity contribution in [3.63, 3.8) is 0 Å². The van der Waals surface area contributed by atoms with Gasteiger partial charge >= 0.3 is 6.03 Å². The average molecular weight is 324 g/mol. The third-order valence-electron chi connectivity index (χ3n) is 4.28. The smallest absolute Gasteiger partial charge is 0.315 e. The molecule has 126 valence electrons. The minimum Gasteiger partial charge on any atom is -0.371 e. The van der Waals surface area contributed by atoms with Crippen LogP contribution in [0.4, 0.5) is 10.5 Å². The maximum Gasteiger partial charge on any atom is 0.315 e. The molecule has 1 fully saturated rings. The summed E-state index contributed by atoms with van der Waals surface area (Å²) in [6.45, 7) is 3.16. The van der Waals surface area contributed by atoms with Crippen LogP contribution in [0.3, 0.4) is 0 Å². The molecular weight excluding hydrogens is 300 g/mol. The molecule has 2 heterocycles. The SMILES string of the molecule is O=C(NCc1ccccn1)NCc1ccccc1N1CCCCC1. The number of anilines is 1. The van der Waals surface area contributed by atoms with Gasteiger partial charge in [0.1, 0.15) is 0 Å². The zero-order valence-electron chi connectivity index (χ0n) is 13.9. The number of carbonyl (C=O) groups excluding carboxylic acids is 1. The van der Waals surface area contributed by atoms with E-state index in [1.54, 1.807) is 6.20 Å². The second-order valence-electron chi connectivity index (χ2n) is 6.03. The fourth-order valence-electron chi connectivity index (χ4n) is 3.02. The first-order valence-electron chi connectivity index (χ1n) is 8.57. The molecule has 1 aromatic carbocycles. The summed E-state index contributed by atoms with van der Waals surface area (Å²) in [6, 6.07) is 13.8. The largest absolute Gasteiger partial charge is 0.371 e. The molecule has 2 amide bonds. The number of carbonyl (C=O) groups is 1. The first-order valence-corrected chi connectivity index (χ1v) is 8.57. The Labute approximate surface area is 143 Å². The lowest BCUT2D eigenvalue weighted by Gasteiger charge is -2.30. The Kier molecular flexibility index (Phi) is 5.66. The monoisotopic (exact) mass is 324 g/mol. The van der Waals surface area contributed by atoms with E-state index < -0.39 is 0 Å². The first-order chi connectivity index (χ1) is 11.8. The lowest BCUT2D eigenvalue weighted by atomic mass is 10.1. The number of rotatable bonds is 5. The van der Waals surface area contributed by atoms with Gasteiger partial charge in [-0.05, 0) is 43.0 Å². The highest BCUT2D eigenvalue weighted by Gasteiger charge is 2.14. The van der Waals surface area contributed by atoms with Gasteiger partial charge in [-0.2, -0.15) is 0 Å². The molecule has 0 saturated carbocycles. The Bertz CT molecular complexity index is 653. The summed E-state index contributed by atoms with van der Waals surface area (Å²) >= 11 is 0. The van der Waals surface area contributed by atoms with E-state index in [9.17, 15) is 4.79 Å². The number of hydrogen-bond donors (Lipinski definition) is 2. The fourth-order valence-corrected chi connectivity index (χ4v) is 3.02. The van der Waals surface area contributed by atoms with Gasteiger partial charge in [0.25, 0.3) is 0 Å². The van der Waals surface area contributed by atoms with Crippen molar-refractivity contribution in [2.24, 2.45) is 0 Å². The van der Waals surface area contributed by atoms with Gasteiger partial charge in [-0.1, -0.05) is 24.3 Å². The van der Waals surface area contributed by atoms with Gasteiger partial charge in [0.15, 0.2) is 0 Å². The number of nitrogens with zero attached hydrogens (tertiary/aromatic N) is 2. The highest BCUT2D eigenvalue weighted by atomic mass is 16.2. The second-order valence-corrected chi connectivity index (χ2v) is 6.03. The van der Waals surface area contributed by atoms with Crippen molar-refractivity contribution >= 4 is 11.7 Å². The van der Waals surface area contributed by atoms with Crippen LogP contribution < -0.4 is 15.5 Å². The number of hydrogen-bond acceptors (Lipinski definition) is 3. The standard InChI is InChI=1S/C19H24N4O/c24-19(22-15-17-9-4-5-11-20-17)21-14-16-8-2-3-10-18(16)23-12-6-1-7-13-23/h2-5,8-11H,1,6-7,12-15H2,(H2,21,22,24). The van der Waals surface area contributed by atoms with Crippen LogP contribution in [0.25, 0.3) is 0 Å². The molecule has 0 unspecified atom stereocenters. The van der Waals surface area contributed by atoms with E-state index in [-0.39, 0.29) is 6.03 Å². The summed E-state index contributed by atoms with van der Waals surface area (Å²) in [4.78, 5) is 18.6. The van der Waals surface area contributed by atoms with Gasteiger partial charge < -0.3 is 15.5 Å². The van der Waals surface area contributed by atoms with Gasteiger partial charge in [0, 0.05) is 31.5 Å². The number of urea groups is 1. The third-order valence-corrected chi connectivity index (χ3v) is 4.28. The van der Waals surface area contributed by atoms with E-state index >= 15 is 0 Å². The molecule has 2 aromatic rings. The van der Waals surface area contributed by atoms with Crippen LogP contribution >= 0.6 is 0 Å². The molecule has 0 aliphatic carbocycles. The van der Waals surface area contributed by atoms with Crippen LogP contribution in [-0.4, -0.2) is 24.1 Å². The van der Waals surface area contributed by atoms with Crippen molar-refractivity contribution in [2.45, 2.75) is 32.4 Å². The summed E-state index contributed by atoms with van der Waals surface area (Å²) in [7, 11) is 0. The van der Waals surface area contributed by atoms with Gasteiger partial charge in [0.2, 0.25) is 0 Å². The van der Waals surface area contributed by atoms with Crippen LogP contribution in [0.2, 0.25) is 0 Å². The molecule has 5 nitrogen and oxygen atoms in total. The molecule has 1 aliphatic heterocycles. The molecule has 0 spiro atoms. The number of aromatic nitrogens is 1. The van der Waals surface area contributed by atoms with Crippen molar-refractivity contribution in [1.82, 2.24) is 15.6 Å². The second kappa shape index (κ2) is 8.34. The predicted octanol–water partition coefficient (Wildman–Crippen LogP) is 3.07. The summed E-state index contributed by atoms with van der Waals surface area (Å²) in [5, 5.41) is 5.79. The number of piperidine rings is 1. The molecule has 0 atom stereocenters. The molecule has 24 heavy (non-hydrogen) atoms. The maximum absolute atomic E-state index is 12.0. The Hall–Kier alpha value is -2.56. The third kappa shape index (κ3) is 4.47. The van der Waals surface area contributed by atoms with Gasteiger partial charge in [-0.15, -0.1) is 0 Å². The van der Waals surface area contributed by atoms with Crippen molar-refractivity contribution in [2.75, 3.05) is 18.0 Å². The molecule has 0 bridgehead atoms. The predicted molar refractivity (Wildman–Crippen MR) is 95.8 cm³/mol. The van der Waals surface area contributed by atoms with Gasteiger partial charge in [-0.3, -0.25) is 4.98 Å². The molecule has 5 heteroatoms. The van der Waals surface area contributed by atoms with Crippen molar-refractivity contribution in [3.05, 3.63) is 59.9 Å². The van der Waals surface area contributed by atoms with Crippen LogP contribution in [0.15, 0.2) is 48.7 Å². The number of amides is 2. The lowest BCUT2D eigenvalue weighted by Crippen LogP contribution is -2.36. The van der Waals surface area contributed by atoms with E-state index in [4.69, 9.17) is 0 Å².